The first kappa shape index (κ1) is 32.3. The zero-order valence-electron chi connectivity index (χ0n) is 23.9. The van der Waals surface area contributed by atoms with E-state index in [1.54, 1.807) is 38.1 Å². The number of rotatable bonds is 13. The highest BCUT2D eigenvalue weighted by atomic mass is 31.2. The molecule has 11 nitrogen and oxygen atoms in total. The molecule has 0 aliphatic carbocycles. The average molecular weight is 622 g/mol. The van der Waals surface area contributed by atoms with Crippen molar-refractivity contribution in [3.05, 3.63) is 87.4 Å². The summed E-state index contributed by atoms with van der Waals surface area (Å²) in [6.07, 6.45) is -0.432. The molecule has 1 aliphatic heterocycles. The maximum atomic E-state index is 14.0. The van der Waals surface area contributed by atoms with E-state index in [0.717, 1.165) is 6.07 Å². The third-order valence-corrected chi connectivity index (χ3v) is 8.28. The van der Waals surface area contributed by atoms with E-state index in [4.69, 9.17) is 18.5 Å². The fraction of sp³-hybridized carbons (Fsp3) is 0.414. The number of hydrogen-bond acceptors (Lipinski definition) is 8. The molecule has 3 aromatic rings. The van der Waals surface area contributed by atoms with E-state index in [1.807, 2.05) is 0 Å². The fourth-order valence-corrected chi connectivity index (χ4v) is 6.18. The van der Waals surface area contributed by atoms with E-state index in [1.165, 1.54) is 42.0 Å². The van der Waals surface area contributed by atoms with Crippen LogP contribution < -0.4 is 20.9 Å². The smallest absolute Gasteiger partial charge is 0.459 e. The first-order valence-electron chi connectivity index (χ1n) is 13.8. The van der Waals surface area contributed by atoms with Gasteiger partial charge in [0, 0.05) is 18.2 Å². The molecule has 0 amide bonds. The van der Waals surface area contributed by atoms with Crippen molar-refractivity contribution in [1.29, 1.82) is 0 Å². The van der Waals surface area contributed by atoms with E-state index in [0.29, 0.717) is 11.1 Å². The normalized spacial score (nSPS) is 20.5. The zero-order chi connectivity index (χ0) is 31.1. The van der Waals surface area contributed by atoms with Crippen LogP contribution in [0.4, 0.5) is 8.78 Å². The molecule has 4 rings (SSSR count). The average Bonchev–Trinajstić information content (AvgIpc) is 3.34. The summed E-state index contributed by atoms with van der Waals surface area (Å²) in [5, 5.41) is 2.60. The molecule has 1 aromatic heterocycles. The minimum absolute atomic E-state index is 0.0783. The minimum atomic E-state index is -4.27. The van der Waals surface area contributed by atoms with Crippen molar-refractivity contribution < 1.29 is 36.7 Å². The molecule has 0 radical (unpaired) electrons. The van der Waals surface area contributed by atoms with Crippen LogP contribution in [0.25, 0.3) is 11.1 Å². The van der Waals surface area contributed by atoms with E-state index in [-0.39, 0.29) is 25.2 Å². The van der Waals surface area contributed by atoms with E-state index in [2.05, 4.69) is 10.1 Å². The lowest BCUT2D eigenvalue weighted by Gasteiger charge is -2.24. The monoisotopic (exact) mass is 621 g/mol. The van der Waals surface area contributed by atoms with Crippen molar-refractivity contribution in [3.8, 4) is 16.9 Å². The Balaban J connectivity index is 1.52. The number of carbonyl (C=O) groups is 1. The number of ether oxygens (including phenoxy) is 2. The second-order valence-electron chi connectivity index (χ2n) is 10.4. The summed E-state index contributed by atoms with van der Waals surface area (Å²) in [6, 6.07) is 12.5. The Morgan fingerprint density at radius 2 is 1.88 bits per heavy atom. The lowest BCUT2D eigenvalue weighted by molar-refractivity contribution is -0.149. The minimum Gasteiger partial charge on any atom is -0.462 e. The zero-order valence-corrected chi connectivity index (χ0v) is 24.8. The number of aromatic amines is 1. The van der Waals surface area contributed by atoms with Gasteiger partial charge in [0.05, 0.1) is 25.5 Å². The Labute approximate surface area is 246 Å². The molecule has 0 bridgehead atoms. The molecule has 1 saturated heterocycles. The van der Waals surface area contributed by atoms with E-state index < -0.39 is 67.9 Å². The van der Waals surface area contributed by atoms with Gasteiger partial charge in [0.2, 0.25) is 0 Å². The maximum absolute atomic E-state index is 14.0. The predicted molar refractivity (Wildman–Crippen MR) is 154 cm³/mol. The second kappa shape index (κ2) is 14.2. The van der Waals surface area contributed by atoms with E-state index >= 15 is 0 Å². The van der Waals surface area contributed by atoms with Gasteiger partial charge in [0.15, 0.2) is 0 Å². The second-order valence-corrected chi connectivity index (χ2v) is 12.1. The Hall–Kier alpha value is -3.64. The number of H-pyrrole nitrogens is 1. The van der Waals surface area contributed by atoms with Crippen LogP contribution in [0.1, 0.15) is 39.8 Å². The van der Waals surface area contributed by atoms with Gasteiger partial charge in [0.25, 0.3) is 5.56 Å². The fourth-order valence-electron chi connectivity index (χ4n) is 4.66. The van der Waals surface area contributed by atoms with E-state index in [9.17, 15) is 27.7 Å². The third kappa shape index (κ3) is 8.70. The molecule has 2 N–H and O–H groups in total. The molecule has 1 aliphatic rings. The molecule has 14 heteroatoms. The van der Waals surface area contributed by atoms with Crippen LogP contribution in [0, 0.1) is 11.7 Å². The van der Waals surface area contributed by atoms with Gasteiger partial charge < -0.3 is 14.0 Å². The van der Waals surface area contributed by atoms with Crippen LogP contribution in [-0.2, 0) is 23.4 Å². The van der Waals surface area contributed by atoms with Gasteiger partial charge >= 0.3 is 19.4 Å². The highest BCUT2D eigenvalue weighted by Gasteiger charge is 2.40. The lowest BCUT2D eigenvalue weighted by atomic mass is 10.00. The molecule has 1 fully saturated rings. The lowest BCUT2D eigenvalue weighted by Crippen LogP contribution is -2.36. The van der Waals surface area contributed by atoms with Crippen LogP contribution in [0.15, 0.2) is 70.4 Å². The molecule has 0 saturated carbocycles. The first-order valence-corrected chi connectivity index (χ1v) is 15.3. The molecule has 2 aromatic carbocycles. The summed E-state index contributed by atoms with van der Waals surface area (Å²) in [5.74, 6) is -1.37. The van der Waals surface area contributed by atoms with Gasteiger partial charge in [-0.25, -0.2) is 13.8 Å². The summed E-state index contributed by atoms with van der Waals surface area (Å²) < 4.78 is 64.8. The third-order valence-electron chi connectivity index (χ3n) is 6.63. The van der Waals surface area contributed by atoms with Crippen molar-refractivity contribution >= 4 is 13.7 Å². The van der Waals surface area contributed by atoms with Crippen molar-refractivity contribution in [1.82, 2.24) is 14.6 Å². The molecule has 5 atom stereocenters. The summed E-state index contributed by atoms with van der Waals surface area (Å²) in [5.41, 5.74) is 0.0231. The van der Waals surface area contributed by atoms with Gasteiger partial charge in [-0.1, -0.05) is 24.3 Å². The Morgan fingerprint density at radius 3 is 2.53 bits per heavy atom. The number of aromatic nitrogens is 2. The van der Waals surface area contributed by atoms with Gasteiger partial charge in [-0.3, -0.25) is 28.1 Å². The van der Waals surface area contributed by atoms with Crippen molar-refractivity contribution in [2.75, 3.05) is 13.3 Å². The number of benzene rings is 2. The molecule has 2 heterocycles. The summed E-state index contributed by atoms with van der Waals surface area (Å²) in [4.78, 5) is 38.5. The van der Waals surface area contributed by atoms with Crippen molar-refractivity contribution in [2.45, 2.75) is 58.1 Å². The van der Waals surface area contributed by atoms with Crippen LogP contribution in [0.2, 0.25) is 0 Å². The summed E-state index contributed by atoms with van der Waals surface area (Å²) in [7, 11) is -4.27. The standard InChI is InChI=1S/C29H34F2N3O8P/c1-18(2)40-28(36)19(3)33-43(38,42-24-9-7-20(8-10-24)21-5-4-6-23(31)15-21)39-17-25-16-22(11-13-30)27(41-25)34-14-12-26(35)32-29(34)37/h4-10,12,14-15,18-19,22,25,27H,11,13,16-17H2,1-3H3,(H,33,38)(H,32,35,37)/t19-,22-,25-,27+,43?/m0/s1. The Kier molecular flexibility index (Phi) is 10.7. The number of halogens is 2. The number of alkyl halides is 1. The molecular weight excluding hydrogens is 587 g/mol. The summed E-state index contributed by atoms with van der Waals surface area (Å²) in [6.45, 7) is 3.83. The molecule has 232 valence electrons. The van der Waals surface area contributed by atoms with Crippen LogP contribution in [0.3, 0.4) is 0 Å². The first-order chi connectivity index (χ1) is 20.5. The topological polar surface area (TPSA) is 138 Å². The highest BCUT2D eigenvalue weighted by molar-refractivity contribution is 7.52. The molecule has 1 unspecified atom stereocenters. The number of nitrogens with one attached hydrogen (secondary N) is 2. The largest absolute Gasteiger partial charge is 0.462 e. The van der Waals surface area contributed by atoms with Crippen molar-refractivity contribution in [2.24, 2.45) is 5.92 Å². The van der Waals surface area contributed by atoms with Crippen LogP contribution in [0.5, 0.6) is 5.75 Å². The number of carbonyl (C=O) groups excluding carboxylic acids is 1. The Morgan fingerprint density at radius 1 is 1.14 bits per heavy atom. The maximum Gasteiger partial charge on any atom is 0.459 e. The van der Waals surface area contributed by atoms with Gasteiger partial charge in [-0.15, -0.1) is 0 Å². The van der Waals surface area contributed by atoms with Gasteiger partial charge in [-0.05, 0) is 69.0 Å². The highest BCUT2D eigenvalue weighted by Crippen LogP contribution is 2.47. The predicted octanol–water partition coefficient (Wildman–Crippen LogP) is 4.74. The van der Waals surface area contributed by atoms with Gasteiger partial charge in [-0.2, -0.15) is 5.09 Å². The van der Waals surface area contributed by atoms with Crippen molar-refractivity contribution in [3.63, 3.8) is 0 Å². The number of hydrogen-bond donors (Lipinski definition) is 2. The van der Waals surface area contributed by atoms with Crippen LogP contribution in [-0.4, -0.2) is 47.1 Å². The van der Waals surface area contributed by atoms with Gasteiger partial charge in [0.1, 0.15) is 23.8 Å². The number of esters is 1. The molecule has 43 heavy (non-hydrogen) atoms. The van der Waals surface area contributed by atoms with Crippen LogP contribution >= 0.6 is 7.75 Å². The quantitative estimate of drug-likeness (QED) is 0.205. The summed E-state index contributed by atoms with van der Waals surface area (Å²) >= 11 is 0. The molecule has 0 spiro atoms. The molecular formula is C29H34F2N3O8P. The number of nitrogens with zero attached hydrogens (tertiary/aromatic N) is 1. The Bertz CT molecular complexity index is 1560. The SMILES string of the molecule is CC(C)OC(=O)[C@H](C)NP(=O)(OC[C@@H]1C[C@H](CCF)[C@H](n2ccc(=O)[nH]c2=O)O1)Oc1ccc(-c2cccc(F)c2)cc1.